The summed E-state index contributed by atoms with van der Waals surface area (Å²) in [4.78, 5) is 12.5. The molecule has 0 unspecified atom stereocenters. The van der Waals surface area contributed by atoms with Crippen LogP contribution in [0.15, 0.2) is 12.1 Å². The van der Waals surface area contributed by atoms with E-state index in [1.807, 2.05) is 7.05 Å². The molecule has 7 heteroatoms. The van der Waals surface area contributed by atoms with Gasteiger partial charge in [-0.25, -0.2) is 0 Å². The van der Waals surface area contributed by atoms with Gasteiger partial charge in [-0.2, -0.15) is 0 Å². The van der Waals surface area contributed by atoms with Gasteiger partial charge >= 0.3 is 0 Å². The molecule has 0 heterocycles. The molecule has 0 aliphatic heterocycles. The molecule has 0 aromatic heterocycles. The number of rotatable bonds is 7. The fourth-order valence-corrected chi connectivity index (χ4v) is 1.71. The third kappa shape index (κ3) is 3.47. The maximum Gasteiger partial charge on any atom is 0.296 e. The van der Waals surface area contributed by atoms with Gasteiger partial charge in [0.1, 0.15) is 5.69 Å². The molecule has 0 bridgehead atoms. The summed E-state index contributed by atoms with van der Waals surface area (Å²) in [7, 11) is 6.58. The summed E-state index contributed by atoms with van der Waals surface area (Å²) in [5, 5.41) is 14.1. The molecule has 1 aromatic carbocycles. The van der Waals surface area contributed by atoms with E-state index in [2.05, 4.69) is 5.32 Å². The molecule has 1 aromatic rings. The molecule has 0 atom stereocenters. The van der Waals surface area contributed by atoms with Gasteiger partial charge in [-0.15, -0.1) is 0 Å². The lowest BCUT2D eigenvalue weighted by atomic mass is 10.2. The Morgan fingerprint density at radius 1 is 1.32 bits per heavy atom. The minimum atomic E-state index is -0.423. The zero-order chi connectivity index (χ0) is 14.4. The third-order valence-electron chi connectivity index (χ3n) is 2.79. The van der Waals surface area contributed by atoms with E-state index < -0.39 is 4.92 Å². The summed E-state index contributed by atoms with van der Waals surface area (Å²) < 4.78 is 10.3. The average molecular weight is 269 g/mol. The highest BCUT2D eigenvalue weighted by molar-refractivity contribution is 5.69. The Bertz CT molecular complexity index is 451. The smallest absolute Gasteiger partial charge is 0.296 e. The van der Waals surface area contributed by atoms with E-state index in [0.717, 1.165) is 6.54 Å². The maximum absolute atomic E-state index is 11.1. The molecule has 7 nitrogen and oxygen atoms in total. The van der Waals surface area contributed by atoms with Crippen molar-refractivity contribution in [1.82, 2.24) is 5.32 Å². The van der Waals surface area contributed by atoms with Crippen LogP contribution in [0.4, 0.5) is 11.4 Å². The molecule has 0 saturated carbocycles. The molecule has 106 valence electrons. The second-order valence-corrected chi connectivity index (χ2v) is 3.98. The predicted molar refractivity (Wildman–Crippen MR) is 73.4 cm³/mol. The number of hydrogen-bond donors (Lipinski definition) is 1. The molecule has 0 amide bonds. The van der Waals surface area contributed by atoms with Gasteiger partial charge in [0.2, 0.25) is 0 Å². The number of benzene rings is 1. The van der Waals surface area contributed by atoms with E-state index >= 15 is 0 Å². The molecular formula is C12H19N3O4. The zero-order valence-corrected chi connectivity index (χ0v) is 11.6. The van der Waals surface area contributed by atoms with Crippen LogP contribution in [0, 0.1) is 10.1 Å². The number of anilines is 1. The molecule has 0 saturated heterocycles. The highest BCUT2D eigenvalue weighted by Crippen LogP contribution is 2.38. The summed E-state index contributed by atoms with van der Waals surface area (Å²) in [5.74, 6) is 0.819. The number of nitro benzene ring substituents is 1. The first-order valence-corrected chi connectivity index (χ1v) is 5.81. The van der Waals surface area contributed by atoms with Crippen LogP contribution in [0.1, 0.15) is 0 Å². The van der Waals surface area contributed by atoms with Gasteiger partial charge in [0.25, 0.3) is 5.69 Å². The van der Waals surface area contributed by atoms with E-state index in [-0.39, 0.29) is 5.69 Å². The van der Waals surface area contributed by atoms with Crippen LogP contribution >= 0.6 is 0 Å². The van der Waals surface area contributed by atoms with Crippen LogP contribution in [0.25, 0.3) is 0 Å². The van der Waals surface area contributed by atoms with Crippen molar-refractivity contribution in [3.05, 3.63) is 22.2 Å². The van der Waals surface area contributed by atoms with Crippen molar-refractivity contribution in [2.24, 2.45) is 0 Å². The second-order valence-electron chi connectivity index (χ2n) is 3.98. The van der Waals surface area contributed by atoms with Gasteiger partial charge in [0, 0.05) is 26.2 Å². The van der Waals surface area contributed by atoms with Crippen LogP contribution in [0.2, 0.25) is 0 Å². The minimum absolute atomic E-state index is 0.00347. The largest absolute Gasteiger partial charge is 0.493 e. The molecule has 0 aliphatic rings. The van der Waals surface area contributed by atoms with Crippen molar-refractivity contribution in [2.75, 3.05) is 46.3 Å². The number of methoxy groups -OCH3 is 2. The van der Waals surface area contributed by atoms with Crippen LogP contribution in [-0.4, -0.2) is 46.3 Å². The monoisotopic (exact) mass is 269 g/mol. The fraction of sp³-hybridized carbons (Fsp3) is 0.500. The summed E-state index contributed by atoms with van der Waals surface area (Å²) in [6.45, 7) is 1.37. The molecule has 19 heavy (non-hydrogen) atoms. The first-order chi connectivity index (χ1) is 9.04. The zero-order valence-electron chi connectivity index (χ0n) is 11.6. The third-order valence-corrected chi connectivity index (χ3v) is 2.79. The van der Waals surface area contributed by atoms with Crippen molar-refractivity contribution in [1.29, 1.82) is 0 Å². The fourth-order valence-electron chi connectivity index (χ4n) is 1.71. The van der Waals surface area contributed by atoms with Gasteiger partial charge in [0.05, 0.1) is 25.2 Å². The molecule has 0 spiro atoms. The van der Waals surface area contributed by atoms with Crippen LogP contribution in [0.3, 0.4) is 0 Å². The first kappa shape index (κ1) is 15.0. The molecule has 0 aliphatic carbocycles. The van der Waals surface area contributed by atoms with Crippen LogP contribution in [-0.2, 0) is 0 Å². The molecule has 0 fully saturated rings. The SMILES string of the molecule is CNCCN(C)c1cc(OC)c(OC)cc1[N+](=O)[O-]. The Labute approximate surface area is 112 Å². The highest BCUT2D eigenvalue weighted by Gasteiger charge is 2.21. The Morgan fingerprint density at radius 2 is 1.89 bits per heavy atom. The van der Waals surface area contributed by atoms with Crippen molar-refractivity contribution in [3.8, 4) is 11.5 Å². The highest BCUT2D eigenvalue weighted by atomic mass is 16.6. The first-order valence-electron chi connectivity index (χ1n) is 5.81. The van der Waals surface area contributed by atoms with Gasteiger partial charge in [-0.1, -0.05) is 0 Å². The number of likely N-dealkylation sites (N-methyl/N-ethyl adjacent to an activating group) is 2. The van der Waals surface area contributed by atoms with Crippen LogP contribution < -0.4 is 19.7 Å². The molecular weight excluding hydrogens is 250 g/mol. The Balaban J connectivity index is 3.23. The molecule has 1 rings (SSSR count). The van der Waals surface area contributed by atoms with Crippen LogP contribution in [0.5, 0.6) is 11.5 Å². The number of ether oxygens (including phenoxy) is 2. The van der Waals surface area contributed by atoms with Crippen molar-refractivity contribution >= 4 is 11.4 Å². The van der Waals surface area contributed by atoms with Crippen molar-refractivity contribution in [2.45, 2.75) is 0 Å². The number of nitrogens with one attached hydrogen (secondary N) is 1. The normalized spacial score (nSPS) is 10.1. The van der Waals surface area contributed by atoms with Crippen molar-refractivity contribution < 1.29 is 14.4 Å². The molecule has 0 radical (unpaired) electrons. The van der Waals surface area contributed by atoms with Gasteiger partial charge < -0.3 is 19.7 Å². The molecule has 1 N–H and O–H groups in total. The van der Waals surface area contributed by atoms with E-state index in [4.69, 9.17) is 9.47 Å². The summed E-state index contributed by atoms with van der Waals surface area (Å²) >= 11 is 0. The van der Waals surface area contributed by atoms with E-state index in [1.54, 1.807) is 18.0 Å². The quantitative estimate of drug-likeness (QED) is 0.593. The summed E-state index contributed by atoms with van der Waals surface area (Å²) in [6, 6.07) is 3.00. The average Bonchev–Trinajstić information content (AvgIpc) is 2.42. The van der Waals surface area contributed by atoms with Gasteiger partial charge in [0.15, 0.2) is 11.5 Å². The Hall–Kier alpha value is -2.02. The Kier molecular flexibility index (Phi) is 5.37. The number of nitro groups is 1. The lowest BCUT2D eigenvalue weighted by Gasteiger charge is -2.20. The number of nitrogens with zero attached hydrogens (tertiary/aromatic N) is 2. The minimum Gasteiger partial charge on any atom is -0.493 e. The second kappa shape index (κ2) is 6.79. The lowest BCUT2D eigenvalue weighted by Crippen LogP contribution is -2.27. The topological polar surface area (TPSA) is 76.9 Å². The maximum atomic E-state index is 11.1. The van der Waals surface area contributed by atoms with E-state index in [1.165, 1.54) is 20.3 Å². The summed E-state index contributed by atoms with van der Waals surface area (Å²) in [6.07, 6.45) is 0. The Morgan fingerprint density at radius 3 is 2.37 bits per heavy atom. The predicted octanol–water partition coefficient (Wildman–Crippen LogP) is 1.27. The van der Waals surface area contributed by atoms with E-state index in [0.29, 0.717) is 23.7 Å². The van der Waals surface area contributed by atoms with Crippen molar-refractivity contribution in [3.63, 3.8) is 0 Å². The number of hydrogen-bond acceptors (Lipinski definition) is 6. The summed E-state index contributed by atoms with van der Waals surface area (Å²) in [5.41, 5.74) is 0.495. The van der Waals surface area contributed by atoms with E-state index in [9.17, 15) is 10.1 Å². The standard InChI is InChI=1S/C12H19N3O4/c1-13-5-6-14(2)9-7-11(18-3)12(19-4)8-10(9)15(16)17/h7-8,13H,5-6H2,1-4H3. The lowest BCUT2D eigenvalue weighted by molar-refractivity contribution is -0.384. The van der Waals surface area contributed by atoms with Gasteiger partial charge in [-0.3, -0.25) is 10.1 Å². The van der Waals surface area contributed by atoms with Gasteiger partial charge in [-0.05, 0) is 7.05 Å².